The van der Waals surface area contributed by atoms with Crippen LogP contribution in [0.1, 0.15) is 59.8 Å². The molecular formula is C16H31N3. The molecule has 1 fully saturated rings. The van der Waals surface area contributed by atoms with Crippen LogP contribution < -0.4 is 5.32 Å². The van der Waals surface area contributed by atoms with Crippen molar-refractivity contribution in [2.75, 3.05) is 19.6 Å². The van der Waals surface area contributed by atoms with Gasteiger partial charge in [0.2, 0.25) is 0 Å². The van der Waals surface area contributed by atoms with E-state index in [-0.39, 0.29) is 5.54 Å². The predicted octanol–water partition coefficient (Wildman–Crippen LogP) is 3.17. The molecular weight excluding hydrogens is 234 g/mol. The summed E-state index contributed by atoms with van der Waals surface area (Å²) in [5.74, 6) is 0.525. The third-order valence-corrected chi connectivity index (χ3v) is 4.61. The van der Waals surface area contributed by atoms with E-state index in [0.29, 0.717) is 12.0 Å². The van der Waals surface area contributed by atoms with E-state index < -0.39 is 0 Å². The molecule has 0 heterocycles. The van der Waals surface area contributed by atoms with Crippen LogP contribution in [0.3, 0.4) is 0 Å². The molecule has 3 nitrogen and oxygen atoms in total. The molecule has 0 aromatic rings. The summed E-state index contributed by atoms with van der Waals surface area (Å²) in [6.07, 6.45) is 5.68. The minimum atomic E-state index is -0.244. The first-order chi connectivity index (χ1) is 9.09. The number of nitriles is 1. The molecule has 1 aliphatic carbocycles. The summed E-state index contributed by atoms with van der Waals surface area (Å²) in [6.45, 7) is 12.1. The van der Waals surface area contributed by atoms with E-state index in [2.05, 4.69) is 44.0 Å². The van der Waals surface area contributed by atoms with Gasteiger partial charge in [0.25, 0.3) is 0 Å². The first-order valence-corrected chi connectivity index (χ1v) is 8.00. The van der Waals surface area contributed by atoms with E-state index in [1.807, 2.05) is 0 Å². The molecule has 1 saturated carbocycles. The van der Waals surface area contributed by atoms with Gasteiger partial charge < -0.3 is 4.90 Å². The average Bonchev–Trinajstić information content (AvgIpc) is 2.80. The van der Waals surface area contributed by atoms with Crippen molar-refractivity contribution in [3.8, 4) is 6.07 Å². The van der Waals surface area contributed by atoms with Gasteiger partial charge in [-0.25, -0.2) is 0 Å². The maximum absolute atomic E-state index is 9.62. The fraction of sp³-hybridized carbons (Fsp3) is 0.938. The van der Waals surface area contributed by atoms with Gasteiger partial charge in [-0.3, -0.25) is 5.32 Å². The van der Waals surface area contributed by atoms with Crippen LogP contribution in [0.2, 0.25) is 0 Å². The Labute approximate surface area is 119 Å². The Morgan fingerprint density at radius 2 is 2.16 bits per heavy atom. The minimum Gasteiger partial charge on any atom is -0.301 e. The van der Waals surface area contributed by atoms with Gasteiger partial charge in [0.15, 0.2) is 0 Å². The maximum atomic E-state index is 9.62. The van der Waals surface area contributed by atoms with Crippen LogP contribution >= 0.6 is 0 Å². The number of hydrogen-bond donors (Lipinski definition) is 1. The topological polar surface area (TPSA) is 39.1 Å². The van der Waals surface area contributed by atoms with Crippen molar-refractivity contribution in [2.24, 2.45) is 5.92 Å². The van der Waals surface area contributed by atoms with E-state index >= 15 is 0 Å². The monoisotopic (exact) mass is 265 g/mol. The molecule has 3 heteroatoms. The summed E-state index contributed by atoms with van der Waals surface area (Å²) in [4.78, 5) is 2.50. The second-order valence-corrected chi connectivity index (χ2v) is 6.11. The SMILES string of the molecule is CCCNC1(C#N)CCCC1CCN(CC)C(C)C. The lowest BCUT2D eigenvalue weighted by atomic mass is 9.85. The van der Waals surface area contributed by atoms with Gasteiger partial charge in [-0.1, -0.05) is 20.3 Å². The molecule has 19 heavy (non-hydrogen) atoms. The number of nitrogens with one attached hydrogen (secondary N) is 1. The van der Waals surface area contributed by atoms with Gasteiger partial charge >= 0.3 is 0 Å². The van der Waals surface area contributed by atoms with Crippen LogP contribution in [0, 0.1) is 17.2 Å². The number of nitrogens with zero attached hydrogens (tertiary/aromatic N) is 2. The summed E-state index contributed by atoms with van der Waals surface area (Å²) in [5.41, 5.74) is -0.244. The van der Waals surface area contributed by atoms with E-state index in [1.54, 1.807) is 0 Å². The molecule has 0 bridgehead atoms. The molecule has 0 aromatic heterocycles. The van der Waals surface area contributed by atoms with Crippen LogP contribution in [0.5, 0.6) is 0 Å². The minimum absolute atomic E-state index is 0.244. The predicted molar refractivity (Wildman–Crippen MR) is 81.0 cm³/mol. The van der Waals surface area contributed by atoms with Crippen LogP contribution in [0.15, 0.2) is 0 Å². The second-order valence-electron chi connectivity index (χ2n) is 6.11. The van der Waals surface area contributed by atoms with Gasteiger partial charge in [-0.05, 0) is 65.1 Å². The summed E-state index contributed by atoms with van der Waals surface area (Å²) in [6, 6.07) is 3.21. The molecule has 2 unspecified atom stereocenters. The zero-order valence-electron chi connectivity index (χ0n) is 13.2. The summed E-state index contributed by atoms with van der Waals surface area (Å²) in [7, 11) is 0. The quantitative estimate of drug-likeness (QED) is 0.732. The van der Waals surface area contributed by atoms with Crippen molar-refractivity contribution < 1.29 is 0 Å². The van der Waals surface area contributed by atoms with Crippen molar-refractivity contribution in [3.63, 3.8) is 0 Å². The zero-order valence-corrected chi connectivity index (χ0v) is 13.2. The normalized spacial score (nSPS) is 27.1. The van der Waals surface area contributed by atoms with Crippen LogP contribution in [-0.4, -0.2) is 36.1 Å². The Balaban J connectivity index is 2.58. The first-order valence-electron chi connectivity index (χ1n) is 8.00. The van der Waals surface area contributed by atoms with Gasteiger partial charge in [-0.2, -0.15) is 5.26 Å². The third kappa shape index (κ3) is 4.19. The van der Waals surface area contributed by atoms with E-state index in [0.717, 1.165) is 38.9 Å². The number of hydrogen-bond acceptors (Lipinski definition) is 3. The van der Waals surface area contributed by atoms with Crippen LogP contribution in [0.25, 0.3) is 0 Å². The molecule has 0 aromatic carbocycles. The van der Waals surface area contributed by atoms with Gasteiger partial charge in [0.1, 0.15) is 5.54 Å². The van der Waals surface area contributed by atoms with Crippen LogP contribution in [0.4, 0.5) is 0 Å². The summed E-state index contributed by atoms with van der Waals surface area (Å²) < 4.78 is 0. The lowest BCUT2D eigenvalue weighted by molar-refractivity contribution is 0.196. The molecule has 0 amide bonds. The zero-order chi connectivity index (χ0) is 14.3. The Hall–Kier alpha value is -0.590. The Morgan fingerprint density at radius 3 is 2.68 bits per heavy atom. The second kappa shape index (κ2) is 7.87. The van der Waals surface area contributed by atoms with Gasteiger partial charge in [-0.15, -0.1) is 0 Å². The number of rotatable bonds is 8. The van der Waals surface area contributed by atoms with Crippen molar-refractivity contribution in [1.29, 1.82) is 5.26 Å². The highest BCUT2D eigenvalue weighted by atomic mass is 15.1. The van der Waals surface area contributed by atoms with Gasteiger partial charge in [0, 0.05) is 6.04 Å². The molecule has 110 valence electrons. The van der Waals surface area contributed by atoms with Crippen LogP contribution in [-0.2, 0) is 0 Å². The average molecular weight is 265 g/mol. The largest absolute Gasteiger partial charge is 0.301 e. The van der Waals surface area contributed by atoms with E-state index in [1.165, 1.54) is 12.8 Å². The highest BCUT2D eigenvalue weighted by molar-refractivity contribution is 5.14. The summed E-state index contributed by atoms with van der Waals surface area (Å²) >= 11 is 0. The van der Waals surface area contributed by atoms with E-state index in [4.69, 9.17) is 0 Å². The molecule has 2 atom stereocenters. The van der Waals surface area contributed by atoms with Gasteiger partial charge in [0.05, 0.1) is 6.07 Å². The Morgan fingerprint density at radius 1 is 1.42 bits per heavy atom. The molecule has 0 radical (unpaired) electrons. The molecule has 0 aliphatic heterocycles. The molecule has 0 spiro atoms. The van der Waals surface area contributed by atoms with Crippen molar-refractivity contribution in [3.05, 3.63) is 0 Å². The fourth-order valence-corrected chi connectivity index (χ4v) is 3.34. The lowest BCUT2D eigenvalue weighted by Crippen LogP contribution is -2.48. The molecule has 0 saturated heterocycles. The first kappa shape index (κ1) is 16.5. The Kier molecular flexibility index (Phi) is 6.82. The standard InChI is InChI=1S/C16H31N3/c1-5-11-18-16(13-17)10-7-8-15(16)9-12-19(6-2)14(3)4/h14-15,18H,5-12H2,1-4H3. The lowest BCUT2D eigenvalue weighted by Gasteiger charge is -2.32. The molecule has 1 N–H and O–H groups in total. The molecule has 1 rings (SSSR count). The summed E-state index contributed by atoms with van der Waals surface area (Å²) in [5, 5.41) is 13.2. The van der Waals surface area contributed by atoms with Crippen molar-refractivity contribution >= 4 is 0 Å². The van der Waals surface area contributed by atoms with Crippen molar-refractivity contribution in [2.45, 2.75) is 71.4 Å². The fourth-order valence-electron chi connectivity index (χ4n) is 3.34. The Bertz CT molecular complexity index is 295. The molecule has 1 aliphatic rings. The van der Waals surface area contributed by atoms with Crippen molar-refractivity contribution in [1.82, 2.24) is 10.2 Å². The highest BCUT2D eigenvalue weighted by Gasteiger charge is 2.42. The van der Waals surface area contributed by atoms with E-state index in [9.17, 15) is 5.26 Å². The smallest absolute Gasteiger partial charge is 0.109 e. The maximum Gasteiger partial charge on any atom is 0.109 e. The third-order valence-electron chi connectivity index (χ3n) is 4.61. The highest BCUT2D eigenvalue weighted by Crippen LogP contribution is 2.37.